The molecule has 2 rings (SSSR count). The van der Waals surface area contributed by atoms with Crippen LogP contribution in [0.4, 0.5) is 0 Å². The highest BCUT2D eigenvalue weighted by atomic mass is 32.2. The second-order valence-electron chi connectivity index (χ2n) is 6.02. The van der Waals surface area contributed by atoms with Crippen LogP contribution in [-0.2, 0) is 21.4 Å². The van der Waals surface area contributed by atoms with Crippen molar-refractivity contribution in [3.63, 3.8) is 0 Å². The molecule has 0 aliphatic rings. The van der Waals surface area contributed by atoms with E-state index in [0.717, 1.165) is 15.4 Å². The van der Waals surface area contributed by atoms with Crippen LogP contribution in [0.1, 0.15) is 11.1 Å². The molecule has 6 nitrogen and oxygen atoms in total. The topological polar surface area (TPSA) is 75.7 Å². The first-order chi connectivity index (χ1) is 12.9. The summed E-state index contributed by atoms with van der Waals surface area (Å²) in [6.07, 6.45) is 1.45. The first-order valence-corrected chi connectivity index (χ1v) is 9.88. The van der Waals surface area contributed by atoms with Crippen molar-refractivity contribution in [2.75, 3.05) is 20.2 Å². The van der Waals surface area contributed by atoms with Crippen LogP contribution in [-0.4, -0.2) is 38.8 Å². The molecule has 0 spiro atoms. The second kappa shape index (κ2) is 9.34. The summed E-state index contributed by atoms with van der Waals surface area (Å²) in [5.74, 6) is 0.176. The summed E-state index contributed by atoms with van der Waals surface area (Å²) >= 11 is 0. The summed E-state index contributed by atoms with van der Waals surface area (Å²) in [5.41, 5.74) is 2.08. The first-order valence-electron chi connectivity index (χ1n) is 8.44. The lowest BCUT2D eigenvalue weighted by Crippen LogP contribution is -2.40. The van der Waals surface area contributed by atoms with Gasteiger partial charge in [-0.15, -0.1) is 6.58 Å². The molecule has 144 valence electrons. The molecule has 0 saturated heterocycles. The van der Waals surface area contributed by atoms with E-state index in [0.29, 0.717) is 12.3 Å². The third-order valence-corrected chi connectivity index (χ3v) is 5.79. The van der Waals surface area contributed by atoms with Crippen LogP contribution in [0.15, 0.2) is 66.1 Å². The molecule has 0 fully saturated rings. The minimum Gasteiger partial charge on any atom is -0.497 e. The average Bonchev–Trinajstić information content (AvgIpc) is 2.67. The molecule has 1 amide bonds. The van der Waals surface area contributed by atoms with Gasteiger partial charge in [0.05, 0.1) is 18.6 Å². The SMILES string of the molecule is C=CCN(CC(=O)NCc1ccc(C)cc1)S(=O)(=O)c1ccc(OC)cc1. The molecule has 0 saturated carbocycles. The van der Waals surface area contributed by atoms with E-state index in [1.54, 1.807) is 12.1 Å². The Labute approximate surface area is 160 Å². The highest BCUT2D eigenvalue weighted by molar-refractivity contribution is 7.89. The van der Waals surface area contributed by atoms with Crippen molar-refractivity contribution in [1.82, 2.24) is 9.62 Å². The maximum Gasteiger partial charge on any atom is 0.243 e. The number of ether oxygens (including phenoxy) is 1. The Morgan fingerprint density at radius 3 is 2.33 bits per heavy atom. The van der Waals surface area contributed by atoms with Gasteiger partial charge >= 0.3 is 0 Å². The Kier molecular flexibility index (Phi) is 7.15. The Morgan fingerprint density at radius 2 is 1.78 bits per heavy atom. The lowest BCUT2D eigenvalue weighted by molar-refractivity contribution is -0.121. The van der Waals surface area contributed by atoms with E-state index in [1.807, 2.05) is 31.2 Å². The number of methoxy groups -OCH3 is 1. The number of carbonyl (C=O) groups is 1. The first kappa shape index (κ1) is 20.7. The number of benzene rings is 2. The van der Waals surface area contributed by atoms with E-state index in [-0.39, 0.29) is 23.9 Å². The molecule has 0 aliphatic heterocycles. The molecule has 0 radical (unpaired) electrons. The predicted octanol–water partition coefficient (Wildman–Crippen LogP) is 2.50. The molecule has 0 unspecified atom stereocenters. The number of nitrogens with zero attached hydrogens (tertiary/aromatic N) is 1. The van der Waals surface area contributed by atoms with Crippen molar-refractivity contribution in [2.24, 2.45) is 0 Å². The van der Waals surface area contributed by atoms with Crippen molar-refractivity contribution < 1.29 is 17.9 Å². The van der Waals surface area contributed by atoms with Gasteiger partial charge in [-0.1, -0.05) is 35.9 Å². The number of aryl methyl sites for hydroxylation is 1. The predicted molar refractivity (Wildman–Crippen MR) is 105 cm³/mol. The van der Waals surface area contributed by atoms with Crippen LogP contribution >= 0.6 is 0 Å². The summed E-state index contributed by atoms with van der Waals surface area (Å²) < 4.78 is 31.8. The fourth-order valence-corrected chi connectivity index (χ4v) is 3.78. The molecule has 2 aromatic rings. The monoisotopic (exact) mass is 388 g/mol. The van der Waals surface area contributed by atoms with Crippen LogP contribution in [0.2, 0.25) is 0 Å². The summed E-state index contributed by atoms with van der Waals surface area (Å²) in [7, 11) is -2.32. The number of carbonyl (C=O) groups excluding carboxylic acids is 1. The van der Waals surface area contributed by atoms with Crippen molar-refractivity contribution >= 4 is 15.9 Å². The molecule has 1 N–H and O–H groups in total. The lowest BCUT2D eigenvalue weighted by atomic mass is 10.1. The van der Waals surface area contributed by atoms with E-state index in [2.05, 4.69) is 11.9 Å². The normalized spacial score (nSPS) is 11.2. The highest BCUT2D eigenvalue weighted by Crippen LogP contribution is 2.19. The van der Waals surface area contributed by atoms with Gasteiger partial charge in [0, 0.05) is 13.1 Å². The van der Waals surface area contributed by atoms with Crippen molar-refractivity contribution in [3.05, 3.63) is 72.3 Å². The molecule has 7 heteroatoms. The Balaban J connectivity index is 2.07. The summed E-state index contributed by atoms with van der Waals surface area (Å²) in [4.78, 5) is 12.4. The number of hydrogen-bond acceptors (Lipinski definition) is 4. The van der Waals surface area contributed by atoms with Gasteiger partial charge in [0.15, 0.2) is 0 Å². The van der Waals surface area contributed by atoms with Crippen molar-refractivity contribution in [1.29, 1.82) is 0 Å². The van der Waals surface area contributed by atoms with Crippen LogP contribution in [0.3, 0.4) is 0 Å². The molecule has 0 heterocycles. The van der Waals surface area contributed by atoms with Crippen LogP contribution < -0.4 is 10.1 Å². The average molecular weight is 388 g/mol. The van der Waals surface area contributed by atoms with E-state index >= 15 is 0 Å². The summed E-state index contributed by atoms with van der Waals surface area (Å²) in [6, 6.07) is 13.8. The van der Waals surface area contributed by atoms with Gasteiger partial charge in [-0.25, -0.2) is 8.42 Å². The summed E-state index contributed by atoms with van der Waals surface area (Å²) in [5, 5.41) is 2.75. The van der Waals surface area contributed by atoms with Gasteiger partial charge in [0.2, 0.25) is 15.9 Å². The Hall–Kier alpha value is -2.64. The van der Waals surface area contributed by atoms with Crippen molar-refractivity contribution in [3.8, 4) is 5.75 Å². The second-order valence-corrected chi connectivity index (χ2v) is 7.96. The fraction of sp³-hybridized carbons (Fsp3) is 0.250. The number of amides is 1. The van der Waals surface area contributed by atoms with Crippen LogP contribution in [0.5, 0.6) is 5.75 Å². The van der Waals surface area contributed by atoms with Gasteiger partial charge in [-0.2, -0.15) is 4.31 Å². The van der Waals surface area contributed by atoms with Gasteiger partial charge in [0.1, 0.15) is 5.75 Å². The van der Waals surface area contributed by atoms with Crippen LogP contribution in [0, 0.1) is 6.92 Å². The molecule has 2 aromatic carbocycles. The quantitative estimate of drug-likeness (QED) is 0.670. The zero-order valence-electron chi connectivity index (χ0n) is 15.5. The van der Waals surface area contributed by atoms with Crippen molar-refractivity contribution in [2.45, 2.75) is 18.4 Å². The van der Waals surface area contributed by atoms with E-state index in [9.17, 15) is 13.2 Å². The van der Waals surface area contributed by atoms with Gasteiger partial charge in [0.25, 0.3) is 0 Å². The third-order valence-electron chi connectivity index (χ3n) is 3.96. The molecular weight excluding hydrogens is 364 g/mol. The standard InChI is InChI=1S/C20H24N2O4S/c1-4-13-22(27(24,25)19-11-9-18(26-3)10-12-19)15-20(23)21-14-17-7-5-16(2)6-8-17/h4-12H,1,13-15H2,2-3H3,(H,21,23). The maximum atomic E-state index is 12.8. The van der Waals surface area contributed by atoms with E-state index in [1.165, 1.54) is 25.3 Å². The van der Waals surface area contributed by atoms with Gasteiger partial charge < -0.3 is 10.1 Å². The fourth-order valence-electron chi connectivity index (χ4n) is 2.41. The van der Waals surface area contributed by atoms with Gasteiger partial charge in [-0.05, 0) is 36.8 Å². The molecule has 0 bridgehead atoms. The molecular formula is C20H24N2O4S. The number of hydrogen-bond donors (Lipinski definition) is 1. The van der Waals surface area contributed by atoms with E-state index in [4.69, 9.17) is 4.74 Å². The maximum absolute atomic E-state index is 12.8. The zero-order valence-corrected chi connectivity index (χ0v) is 16.3. The Bertz CT molecular complexity index is 875. The van der Waals surface area contributed by atoms with E-state index < -0.39 is 10.0 Å². The largest absolute Gasteiger partial charge is 0.497 e. The highest BCUT2D eigenvalue weighted by Gasteiger charge is 2.25. The number of sulfonamides is 1. The smallest absolute Gasteiger partial charge is 0.243 e. The molecule has 0 aromatic heterocycles. The third kappa shape index (κ3) is 5.67. The molecule has 0 aliphatic carbocycles. The van der Waals surface area contributed by atoms with Gasteiger partial charge in [-0.3, -0.25) is 4.79 Å². The summed E-state index contributed by atoms with van der Waals surface area (Å²) in [6.45, 7) is 5.66. The minimum absolute atomic E-state index is 0.0340. The zero-order chi connectivity index (χ0) is 19.9. The Morgan fingerprint density at radius 1 is 1.15 bits per heavy atom. The lowest BCUT2D eigenvalue weighted by Gasteiger charge is -2.20. The number of nitrogens with one attached hydrogen (secondary N) is 1. The minimum atomic E-state index is -3.83. The molecule has 0 atom stereocenters. The van der Waals surface area contributed by atoms with Crippen LogP contribution in [0.25, 0.3) is 0 Å². The molecule has 27 heavy (non-hydrogen) atoms. The number of rotatable bonds is 9.